The molecule has 0 spiro atoms. The first-order valence-electron chi connectivity index (χ1n) is 10.7. The molecular formula is C24H30O4. The summed E-state index contributed by atoms with van der Waals surface area (Å²) in [4.78, 5) is 13.1. The summed E-state index contributed by atoms with van der Waals surface area (Å²) in [7, 11) is 0. The predicted octanol–water partition coefficient (Wildman–Crippen LogP) is 4.86. The maximum atomic E-state index is 13.1. The van der Waals surface area contributed by atoms with Crippen LogP contribution < -0.4 is 5.63 Å². The van der Waals surface area contributed by atoms with Crippen molar-refractivity contribution < 1.29 is 14.6 Å². The molecule has 1 saturated carbocycles. The van der Waals surface area contributed by atoms with Crippen molar-refractivity contribution in [2.75, 3.05) is 0 Å². The van der Waals surface area contributed by atoms with E-state index in [-0.39, 0.29) is 17.6 Å². The van der Waals surface area contributed by atoms with Gasteiger partial charge in [0.05, 0.1) is 11.7 Å². The molecule has 0 saturated heterocycles. The Hall–Kier alpha value is -2.07. The van der Waals surface area contributed by atoms with Gasteiger partial charge in [0, 0.05) is 17.4 Å². The molecule has 0 aliphatic heterocycles. The Kier molecular flexibility index (Phi) is 5.58. The van der Waals surface area contributed by atoms with E-state index in [1.54, 1.807) is 6.92 Å². The summed E-state index contributed by atoms with van der Waals surface area (Å²) in [6.07, 6.45) is 6.96. The van der Waals surface area contributed by atoms with Crippen LogP contribution in [0.15, 0.2) is 39.5 Å². The predicted molar refractivity (Wildman–Crippen MR) is 109 cm³/mol. The molecule has 3 atom stereocenters. The van der Waals surface area contributed by atoms with Crippen LogP contribution in [-0.4, -0.2) is 16.3 Å². The standard InChI is InChI=1S/C24H30O4/c1-15(25)14-18-10-6-3-7-11-19-22(26)21(24(27)28-23(18)19)20(17-12-13-17)16-8-4-2-5-9-16/h2,4-5,8-9,15,17-18,20,25-26H,3,6-7,10-14H2,1H3. The van der Waals surface area contributed by atoms with Gasteiger partial charge in [-0.25, -0.2) is 4.79 Å². The fraction of sp³-hybridized carbons (Fsp3) is 0.542. The van der Waals surface area contributed by atoms with Crippen molar-refractivity contribution in [3.05, 3.63) is 63.2 Å². The van der Waals surface area contributed by atoms with E-state index < -0.39 is 11.7 Å². The van der Waals surface area contributed by atoms with Crippen molar-refractivity contribution in [3.63, 3.8) is 0 Å². The first-order chi connectivity index (χ1) is 13.6. The maximum Gasteiger partial charge on any atom is 0.343 e. The lowest BCUT2D eigenvalue weighted by Gasteiger charge is -2.25. The van der Waals surface area contributed by atoms with E-state index in [9.17, 15) is 15.0 Å². The van der Waals surface area contributed by atoms with Crippen LogP contribution in [0.3, 0.4) is 0 Å². The number of hydrogen-bond acceptors (Lipinski definition) is 4. The van der Waals surface area contributed by atoms with Crippen molar-refractivity contribution >= 4 is 0 Å². The molecule has 0 radical (unpaired) electrons. The van der Waals surface area contributed by atoms with Crippen LogP contribution in [0, 0.1) is 5.92 Å². The molecule has 3 unspecified atom stereocenters. The topological polar surface area (TPSA) is 70.7 Å². The van der Waals surface area contributed by atoms with Crippen LogP contribution in [0.5, 0.6) is 5.75 Å². The number of aromatic hydroxyl groups is 1. The SMILES string of the molecule is CC(O)CC1CCCCCc2c1oc(=O)c(C(c1ccccc1)C1CC1)c2O. The molecule has 2 aliphatic rings. The molecule has 1 aromatic heterocycles. The van der Waals surface area contributed by atoms with E-state index in [0.717, 1.165) is 56.1 Å². The molecule has 4 nitrogen and oxygen atoms in total. The lowest BCUT2D eigenvalue weighted by molar-refractivity contribution is 0.164. The minimum Gasteiger partial charge on any atom is -0.507 e. The number of aliphatic hydroxyl groups is 1. The minimum atomic E-state index is -0.465. The zero-order chi connectivity index (χ0) is 19.7. The monoisotopic (exact) mass is 382 g/mol. The zero-order valence-electron chi connectivity index (χ0n) is 16.6. The third-order valence-corrected chi connectivity index (χ3v) is 6.30. The van der Waals surface area contributed by atoms with Crippen molar-refractivity contribution in [1.82, 2.24) is 0 Å². The second-order valence-corrected chi connectivity index (χ2v) is 8.60. The van der Waals surface area contributed by atoms with Crippen molar-refractivity contribution in [2.24, 2.45) is 5.92 Å². The minimum absolute atomic E-state index is 0.0148. The molecular weight excluding hydrogens is 352 g/mol. The number of fused-ring (bicyclic) bond motifs is 1. The van der Waals surface area contributed by atoms with Crippen molar-refractivity contribution in [1.29, 1.82) is 0 Å². The summed E-state index contributed by atoms with van der Waals surface area (Å²) in [6.45, 7) is 1.77. The average molecular weight is 383 g/mol. The zero-order valence-corrected chi connectivity index (χ0v) is 16.6. The molecule has 4 rings (SSSR count). The molecule has 1 aromatic carbocycles. The van der Waals surface area contributed by atoms with Gasteiger partial charge in [0.1, 0.15) is 11.5 Å². The van der Waals surface area contributed by atoms with Gasteiger partial charge in [-0.3, -0.25) is 0 Å². The highest BCUT2D eigenvalue weighted by atomic mass is 16.4. The average Bonchev–Trinajstić information content (AvgIpc) is 3.48. The van der Waals surface area contributed by atoms with Crippen LogP contribution in [0.1, 0.15) is 86.2 Å². The first-order valence-corrected chi connectivity index (χ1v) is 10.7. The maximum absolute atomic E-state index is 13.1. The summed E-state index contributed by atoms with van der Waals surface area (Å²) in [5.41, 5.74) is 1.89. The summed E-state index contributed by atoms with van der Waals surface area (Å²) < 4.78 is 5.91. The third kappa shape index (κ3) is 3.88. The van der Waals surface area contributed by atoms with Gasteiger partial charge in [-0.05, 0) is 56.9 Å². The van der Waals surface area contributed by atoms with Crippen LogP contribution in [-0.2, 0) is 6.42 Å². The van der Waals surface area contributed by atoms with Gasteiger partial charge in [-0.2, -0.15) is 0 Å². The Morgan fingerprint density at radius 1 is 1.11 bits per heavy atom. The van der Waals surface area contributed by atoms with Crippen LogP contribution >= 0.6 is 0 Å². The van der Waals surface area contributed by atoms with Crippen molar-refractivity contribution in [2.45, 2.75) is 76.2 Å². The lowest BCUT2D eigenvalue weighted by atomic mass is 9.82. The Labute approximate surface area is 166 Å². The highest BCUT2D eigenvalue weighted by Crippen LogP contribution is 2.49. The molecule has 1 heterocycles. The summed E-state index contributed by atoms with van der Waals surface area (Å²) in [5, 5.41) is 21.2. The fourth-order valence-corrected chi connectivity index (χ4v) is 4.84. The van der Waals surface area contributed by atoms with E-state index in [1.165, 1.54) is 0 Å². The quantitative estimate of drug-likeness (QED) is 0.775. The number of benzene rings is 1. The normalized spacial score (nSPS) is 22.0. The highest BCUT2D eigenvalue weighted by molar-refractivity contribution is 5.47. The molecule has 28 heavy (non-hydrogen) atoms. The lowest BCUT2D eigenvalue weighted by Crippen LogP contribution is -2.21. The van der Waals surface area contributed by atoms with Gasteiger partial charge in [0.15, 0.2) is 0 Å². The second kappa shape index (κ2) is 8.12. The van der Waals surface area contributed by atoms with Crippen molar-refractivity contribution in [3.8, 4) is 5.75 Å². The van der Waals surface area contributed by atoms with E-state index in [4.69, 9.17) is 4.42 Å². The van der Waals surface area contributed by atoms with Gasteiger partial charge >= 0.3 is 5.63 Å². The van der Waals surface area contributed by atoms with E-state index in [0.29, 0.717) is 23.7 Å². The number of hydrogen-bond donors (Lipinski definition) is 2. The van der Waals surface area contributed by atoms with Crippen LogP contribution in [0.4, 0.5) is 0 Å². The molecule has 4 heteroatoms. The number of rotatable bonds is 5. The van der Waals surface area contributed by atoms with Gasteiger partial charge < -0.3 is 14.6 Å². The van der Waals surface area contributed by atoms with Gasteiger partial charge in [-0.15, -0.1) is 0 Å². The Morgan fingerprint density at radius 3 is 2.54 bits per heavy atom. The first kappa shape index (κ1) is 19.3. The van der Waals surface area contributed by atoms with Crippen LogP contribution in [0.25, 0.3) is 0 Å². The smallest absolute Gasteiger partial charge is 0.343 e. The van der Waals surface area contributed by atoms with E-state index in [1.807, 2.05) is 30.3 Å². The molecule has 0 amide bonds. The molecule has 0 bridgehead atoms. The molecule has 150 valence electrons. The second-order valence-electron chi connectivity index (χ2n) is 8.60. The highest BCUT2D eigenvalue weighted by Gasteiger charge is 2.39. The van der Waals surface area contributed by atoms with E-state index in [2.05, 4.69) is 0 Å². The summed E-state index contributed by atoms with van der Waals surface area (Å²) in [6, 6.07) is 10.0. The van der Waals surface area contributed by atoms with Crippen LogP contribution in [0.2, 0.25) is 0 Å². The molecule has 2 aliphatic carbocycles. The largest absolute Gasteiger partial charge is 0.507 e. The molecule has 2 aromatic rings. The van der Waals surface area contributed by atoms with Gasteiger partial charge in [0.25, 0.3) is 0 Å². The summed E-state index contributed by atoms with van der Waals surface area (Å²) >= 11 is 0. The van der Waals surface area contributed by atoms with E-state index >= 15 is 0 Å². The molecule has 2 N–H and O–H groups in total. The Balaban J connectivity index is 1.83. The Morgan fingerprint density at radius 2 is 1.86 bits per heavy atom. The molecule has 1 fully saturated rings. The third-order valence-electron chi connectivity index (χ3n) is 6.30. The van der Waals surface area contributed by atoms with Gasteiger partial charge in [-0.1, -0.05) is 43.2 Å². The Bertz CT molecular complexity index is 864. The number of aliphatic hydroxyl groups excluding tert-OH is 1. The van der Waals surface area contributed by atoms with Gasteiger partial charge in [0.2, 0.25) is 0 Å². The summed E-state index contributed by atoms with van der Waals surface area (Å²) in [5.74, 6) is 1.01. The fourth-order valence-electron chi connectivity index (χ4n) is 4.84.